The minimum atomic E-state index is 0.501. The van der Waals surface area contributed by atoms with Gasteiger partial charge in [-0.05, 0) is 67.1 Å². The molecule has 19 heavy (non-hydrogen) atoms. The van der Waals surface area contributed by atoms with E-state index >= 15 is 0 Å². The van der Waals surface area contributed by atoms with Crippen molar-refractivity contribution in [2.24, 2.45) is 34.3 Å². The monoisotopic (exact) mass is 264 g/mol. The zero-order valence-corrected chi connectivity index (χ0v) is 13.0. The third kappa shape index (κ3) is 2.58. The summed E-state index contributed by atoms with van der Waals surface area (Å²) in [6.45, 7) is 9.12. The SMILES string of the molecule is CC(C)C(CN)NCC12CC3CC(CC(C)(C3)C1)C2. The van der Waals surface area contributed by atoms with Crippen molar-refractivity contribution in [2.45, 2.75) is 65.3 Å². The Labute approximate surface area is 118 Å². The fourth-order valence-corrected chi connectivity index (χ4v) is 6.07. The van der Waals surface area contributed by atoms with Crippen LogP contribution < -0.4 is 11.1 Å². The second-order valence-corrected chi connectivity index (χ2v) is 8.74. The summed E-state index contributed by atoms with van der Waals surface area (Å²) in [6, 6.07) is 0.501. The molecule has 4 aliphatic rings. The lowest BCUT2D eigenvalue weighted by Gasteiger charge is -2.61. The first-order valence-electron chi connectivity index (χ1n) is 8.37. The minimum Gasteiger partial charge on any atom is -0.329 e. The highest BCUT2D eigenvalue weighted by Gasteiger charge is 2.55. The van der Waals surface area contributed by atoms with Gasteiger partial charge in [-0.15, -0.1) is 0 Å². The molecule has 0 aliphatic heterocycles. The molecule has 0 aromatic carbocycles. The van der Waals surface area contributed by atoms with Gasteiger partial charge in [0, 0.05) is 19.1 Å². The molecule has 4 saturated carbocycles. The highest BCUT2D eigenvalue weighted by molar-refractivity contribution is 5.07. The van der Waals surface area contributed by atoms with Crippen molar-refractivity contribution in [3.63, 3.8) is 0 Å². The number of rotatable bonds is 5. The molecule has 3 atom stereocenters. The van der Waals surface area contributed by atoms with E-state index in [1.54, 1.807) is 0 Å². The molecule has 2 heteroatoms. The molecule has 4 rings (SSSR count). The van der Waals surface area contributed by atoms with Gasteiger partial charge in [-0.2, -0.15) is 0 Å². The number of hydrogen-bond donors (Lipinski definition) is 2. The van der Waals surface area contributed by atoms with Crippen LogP contribution >= 0.6 is 0 Å². The average molecular weight is 264 g/mol. The Morgan fingerprint density at radius 1 is 1.16 bits per heavy atom. The van der Waals surface area contributed by atoms with Gasteiger partial charge in [0.1, 0.15) is 0 Å². The number of nitrogens with two attached hydrogens (primary N) is 1. The molecule has 3 unspecified atom stereocenters. The van der Waals surface area contributed by atoms with Crippen LogP contribution in [0.4, 0.5) is 0 Å². The van der Waals surface area contributed by atoms with Gasteiger partial charge in [-0.25, -0.2) is 0 Å². The number of nitrogens with one attached hydrogen (secondary N) is 1. The summed E-state index contributed by atoms with van der Waals surface area (Å²) in [7, 11) is 0. The lowest BCUT2D eigenvalue weighted by atomic mass is 9.44. The molecule has 0 saturated heterocycles. The van der Waals surface area contributed by atoms with Crippen LogP contribution in [-0.4, -0.2) is 19.1 Å². The largest absolute Gasteiger partial charge is 0.329 e. The second-order valence-electron chi connectivity index (χ2n) is 8.74. The van der Waals surface area contributed by atoms with E-state index in [-0.39, 0.29) is 0 Å². The Morgan fingerprint density at radius 3 is 2.26 bits per heavy atom. The van der Waals surface area contributed by atoms with Crippen LogP contribution in [0.25, 0.3) is 0 Å². The molecule has 3 N–H and O–H groups in total. The average Bonchev–Trinajstić information content (AvgIpc) is 2.25. The van der Waals surface area contributed by atoms with Gasteiger partial charge in [-0.1, -0.05) is 20.8 Å². The molecule has 0 amide bonds. The van der Waals surface area contributed by atoms with Crippen LogP contribution in [0.5, 0.6) is 0 Å². The molecule has 110 valence electrons. The molecule has 0 heterocycles. The molecule has 0 aromatic heterocycles. The fraction of sp³-hybridized carbons (Fsp3) is 1.00. The molecular formula is C17H32N2. The predicted molar refractivity (Wildman–Crippen MR) is 80.9 cm³/mol. The summed E-state index contributed by atoms with van der Waals surface area (Å²) in [5.74, 6) is 2.71. The van der Waals surface area contributed by atoms with E-state index in [1.165, 1.54) is 45.1 Å². The summed E-state index contributed by atoms with van der Waals surface area (Å²) >= 11 is 0. The quantitative estimate of drug-likeness (QED) is 0.800. The molecule has 4 fully saturated rings. The van der Waals surface area contributed by atoms with Gasteiger partial charge >= 0.3 is 0 Å². The van der Waals surface area contributed by atoms with E-state index in [1.807, 2.05) is 0 Å². The lowest BCUT2D eigenvalue weighted by molar-refractivity contribution is -0.101. The summed E-state index contributed by atoms with van der Waals surface area (Å²) in [5, 5.41) is 3.82. The second kappa shape index (κ2) is 4.73. The summed E-state index contributed by atoms with van der Waals surface area (Å²) in [4.78, 5) is 0. The van der Waals surface area contributed by atoms with Crippen molar-refractivity contribution in [2.75, 3.05) is 13.1 Å². The Bertz CT molecular complexity index is 322. The van der Waals surface area contributed by atoms with Crippen LogP contribution in [0.2, 0.25) is 0 Å². The molecule has 0 spiro atoms. The maximum absolute atomic E-state index is 5.91. The van der Waals surface area contributed by atoms with Gasteiger partial charge < -0.3 is 11.1 Å². The summed E-state index contributed by atoms with van der Waals surface area (Å²) in [5.41, 5.74) is 7.20. The highest BCUT2D eigenvalue weighted by atomic mass is 15.0. The van der Waals surface area contributed by atoms with Crippen molar-refractivity contribution >= 4 is 0 Å². The third-order valence-corrected chi connectivity index (χ3v) is 6.27. The highest BCUT2D eigenvalue weighted by Crippen LogP contribution is 2.64. The van der Waals surface area contributed by atoms with E-state index in [2.05, 4.69) is 26.1 Å². The van der Waals surface area contributed by atoms with Crippen molar-refractivity contribution in [1.82, 2.24) is 5.32 Å². The van der Waals surface area contributed by atoms with E-state index in [0.29, 0.717) is 22.8 Å². The van der Waals surface area contributed by atoms with Gasteiger partial charge in [-0.3, -0.25) is 0 Å². The first-order chi connectivity index (χ1) is 8.94. The summed E-state index contributed by atoms with van der Waals surface area (Å²) < 4.78 is 0. The molecule has 4 bridgehead atoms. The Morgan fingerprint density at radius 2 is 1.79 bits per heavy atom. The summed E-state index contributed by atoms with van der Waals surface area (Å²) in [6.07, 6.45) is 8.99. The van der Waals surface area contributed by atoms with Crippen LogP contribution in [0.15, 0.2) is 0 Å². The Hall–Kier alpha value is -0.0800. The fourth-order valence-electron chi connectivity index (χ4n) is 6.07. The Kier molecular flexibility index (Phi) is 3.46. The van der Waals surface area contributed by atoms with Gasteiger partial charge in [0.05, 0.1) is 0 Å². The van der Waals surface area contributed by atoms with E-state index in [9.17, 15) is 0 Å². The van der Waals surface area contributed by atoms with Gasteiger partial charge in [0.2, 0.25) is 0 Å². The van der Waals surface area contributed by atoms with Crippen LogP contribution in [0.3, 0.4) is 0 Å². The zero-order valence-electron chi connectivity index (χ0n) is 13.0. The van der Waals surface area contributed by atoms with Crippen LogP contribution in [0, 0.1) is 28.6 Å². The topological polar surface area (TPSA) is 38.0 Å². The van der Waals surface area contributed by atoms with Crippen molar-refractivity contribution in [1.29, 1.82) is 0 Å². The molecule has 0 radical (unpaired) electrons. The molecule has 2 nitrogen and oxygen atoms in total. The first-order valence-corrected chi connectivity index (χ1v) is 8.37. The number of hydrogen-bond acceptors (Lipinski definition) is 2. The third-order valence-electron chi connectivity index (χ3n) is 6.27. The lowest BCUT2D eigenvalue weighted by Crippen LogP contribution is -2.56. The van der Waals surface area contributed by atoms with Gasteiger partial charge in [0.25, 0.3) is 0 Å². The predicted octanol–water partition coefficient (Wildman–Crippen LogP) is 3.17. The maximum Gasteiger partial charge on any atom is 0.0213 e. The van der Waals surface area contributed by atoms with Crippen molar-refractivity contribution in [3.05, 3.63) is 0 Å². The minimum absolute atomic E-state index is 0.501. The van der Waals surface area contributed by atoms with Gasteiger partial charge in [0.15, 0.2) is 0 Å². The van der Waals surface area contributed by atoms with Crippen molar-refractivity contribution in [3.8, 4) is 0 Å². The Balaban J connectivity index is 1.67. The first kappa shape index (κ1) is 13.9. The maximum atomic E-state index is 5.91. The smallest absolute Gasteiger partial charge is 0.0213 e. The van der Waals surface area contributed by atoms with Crippen molar-refractivity contribution < 1.29 is 0 Å². The van der Waals surface area contributed by atoms with E-state index in [0.717, 1.165) is 18.4 Å². The zero-order chi connectivity index (χ0) is 13.7. The van der Waals surface area contributed by atoms with Crippen LogP contribution in [-0.2, 0) is 0 Å². The molecule has 4 aliphatic carbocycles. The molecular weight excluding hydrogens is 232 g/mol. The van der Waals surface area contributed by atoms with Crippen LogP contribution in [0.1, 0.15) is 59.3 Å². The molecule has 0 aromatic rings. The van der Waals surface area contributed by atoms with E-state index in [4.69, 9.17) is 5.73 Å². The van der Waals surface area contributed by atoms with E-state index < -0.39 is 0 Å². The normalized spacial score (nSPS) is 45.9. The standard InChI is InChI=1S/C17H32N2/c1-12(2)15(9-18)19-11-17-7-13-4-14(8-17)6-16(3,5-13)10-17/h12-15,19H,4-11,18H2,1-3H3.